The van der Waals surface area contributed by atoms with E-state index >= 15 is 0 Å². The Morgan fingerprint density at radius 1 is 1.00 bits per heavy atom. The third-order valence-electron chi connectivity index (χ3n) is 6.52. The van der Waals surface area contributed by atoms with Crippen LogP contribution in [-0.2, 0) is 33.4 Å². The first kappa shape index (κ1) is 30.0. The topological polar surface area (TPSA) is 144 Å². The number of hydrogen-bond acceptors (Lipinski definition) is 8. The van der Waals surface area contributed by atoms with Gasteiger partial charge in [0, 0.05) is 31.7 Å². The summed E-state index contributed by atoms with van der Waals surface area (Å²) in [5.74, 6) is -2.39. The van der Waals surface area contributed by atoms with Gasteiger partial charge in [0.15, 0.2) is 6.29 Å². The number of rotatable bonds is 12. The molecule has 12 nitrogen and oxygen atoms in total. The summed E-state index contributed by atoms with van der Waals surface area (Å²) in [4.78, 5) is 65.4. The van der Waals surface area contributed by atoms with Crippen molar-refractivity contribution in [3.63, 3.8) is 0 Å². The van der Waals surface area contributed by atoms with Crippen LogP contribution in [0, 0.1) is 0 Å². The molecule has 1 aromatic carbocycles. The maximum Gasteiger partial charge on any atom is 0.308 e. The van der Waals surface area contributed by atoms with Gasteiger partial charge >= 0.3 is 5.97 Å². The van der Waals surface area contributed by atoms with Gasteiger partial charge in [-0.05, 0) is 52.2 Å². The molecule has 0 spiro atoms. The Balaban J connectivity index is 1.83. The number of carbonyl (C=O) groups excluding carboxylic acids is 5. The van der Waals surface area contributed by atoms with Crippen molar-refractivity contribution < 1.29 is 38.2 Å². The van der Waals surface area contributed by atoms with E-state index in [1.807, 2.05) is 0 Å². The number of benzene rings is 1. The Labute approximate surface area is 228 Å². The molecule has 2 aliphatic rings. The lowest BCUT2D eigenvalue weighted by molar-refractivity contribution is -0.179. The lowest BCUT2D eigenvalue weighted by Crippen LogP contribution is -2.65. The summed E-state index contributed by atoms with van der Waals surface area (Å²) in [7, 11) is 0. The van der Waals surface area contributed by atoms with Crippen molar-refractivity contribution in [2.24, 2.45) is 0 Å². The van der Waals surface area contributed by atoms with Crippen LogP contribution in [0.25, 0.3) is 0 Å². The Morgan fingerprint density at radius 2 is 1.69 bits per heavy atom. The predicted octanol–water partition coefficient (Wildman–Crippen LogP) is 1.15. The van der Waals surface area contributed by atoms with E-state index in [4.69, 9.17) is 14.2 Å². The Hall–Kier alpha value is -3.51. The number of nitrogens with zero attached hydrogens (tertiary/aromatic N) is 2. The van der Waals surface area contributed by atoms with Gasteiger partial charge in [-0.2, -0.15) is 0 Å². The van der Waals surface area contributed by atoms with Gasteiger partial charge in [-0.25, -0.2) is 5.01 Å². The highest BCUT2D eigenvalue weighted by Crippen LogP contribution is 2.25. The summed E-state index contributed by atoms with van der Waals surface area (Å²) in [5.41, 5.74) is 0.380. The predicted molar refractivity (Wildman–Crippen MR) is 139 cm³/mol. The molecule has 12 heteroatoms. The highest BCUT2D eigenvalue weighted by molar-refractivity contribution is 5.99. The van der Waals surface area contributed by atoms with E-state index in [1.165, 1.54) is 10.0 Å². The third kappa shape index (κ3) is 7.76. The number of hydrazine groups is 1. The fraction of sp³-hybridized carbons (Fsp3) is 0.593. The molecular formula is C27H38N4O8. The summed E-state index contributed by atoms with van der Waals surface area (Å²) in [5, 5.41) is 8.00. The van der Waals surface area contributed by atoms with E-state index in [0.29, 0.717) is 18.4 Å². The van der Waals surface area contributed by atoms with Gasteiger partial charge in [-0.15, -0.1) is 0 Å². The van der Waals surface area contributed by atoms with Gasteiger partial charge in [-0.3, -0.25) is 29.0 Å². The summed E-state index contributed by atoms with van der Waals surface area (Å²) in [6, 6.07) is 5.54. The number of amides is 4. The SMILES string of the molecule is CCOC(=O)C[C@H](NC(=O)[C@@H]1CCCN2C(=O)CC[C@H](NC(=O)c3ccccc3)C(=O)N12)C(OCC)OCC. The monoisotopic (exact) mass is 546 g/mol. The molecule has 2 aliphatic heterocycles. The first-order valence-corrected chi connectivity index (χ1v) is 13.5. The van der Waals surface area contributed by atoms with Gasteiger partial charge in [0.05, 0.1) is 19.1 Å². The molecule has 4 amide bonds. The Kier molecular flexibility index (Phi) is 11.2. The lowest BCUT2D eigenvalue weighted by atomic mass is 10.0. The van der Waals surface area contributed by atoms with E-state index in [-0.39, 0.29) is 51.5 Å². The maximum atomic E-state index is 13.7. The van der Waals surface area contributed by atoms with Crippen molar-refractivity contribution in [2.45, 2.75) is 77.3 Å². The maximum absolute atomic E-state index is 13.7. The van der Waals surface area contributed by atoms with Crippen molar-refractivity contribution in [1.82, 2.24) is 20.7 Å². The van der Waals surface area contributed by atoms with E-state index in [0.717, 1.165) is 0 Å². The standard InChI is InChI=1S/C27H38N4O8/c1-4-37-23(33)17-20(27(38-5-2)39-6-3)29-25(35)21-13-10-16-30-22(32)15-14-19(26(36)31(21)30)28-24(34)18-11-8-7-9-12-18/h7-9,11-12,19-21,27H,4-6,10,13-17H2,1-3H3,(H,28,34)(H,29,35)/t19-,20-,21-/m0/s1. The molecule has 3 rings (SSSR count). The summed E-state index contributed by atoms with van der Waals surface area (Å²) in [6.45, 7) is 6.21. The molecule has 2 saturated heterocycles. The number of ether oxygens (including phenoxy) is 3. The van der Waals surface area contributed by atoms with Crippen molar-refractivity contribution in [2.75, 3.05) is 26.4 Å². The second kappa shape index (κ2) is 14.6. The van der Waals surface area contributed by atoms with Gasteiger partial charge in [-0.1, -0.05) is 18.2 Å². The molecule has 0 aromatic heterocycles. The molecule has 214 valence electrons. The quantitative estimate of drug-likeness (QED) is 0.294. The number of nitrogens with one attached hydrogen (secondary N) is 2. The minimum Gasteiger partial charge on any atom is -0.466 e. The minimum atomic E-state index is -1.03. The second-order valence-electron chi connectivity index (χ2n) is 9.19. The molecule has 0 aliphatic carbocycles. The van der Waals surface area contributed by atoms with E-state index in [1.54, 1.807) is 51.1 Å². The highest BCUT2D eigenvalue weighted by atomic mass is 16.7. The minimum absolute atomic E-state index is 0.0402. The molecule has 0 saturated carbocycles. The molecular weight excluding hydrogens is 508 g/mol. The van der Waals surface area contributed by atoms with E-state index in [9.17, 15) is 24.0 Å². The van der Waals surface area contributed by atoms with Crippen molar-refractivity contribution in [3.05, 3.63) is 35.9 Å². The molecule has 2 N–H and O–H groups in total. The van der Waals surface area contributed by atoms with Gasteiger partial charge < -0.3 is 24.8 Å². The molecule has 3 atom stereocenters. The molecule has 2 heterocycles. The highest BCUT2D eigenvalue weighted by Gasteiger charge is 2.45. The molecule has 39 heavy (non-hydrogen) atoms. The molecule has 0 bridgehead atoms. The third-order valence-corrected chi connectivity index (χ3v) is 6.52. The summed E-state index contributed by atoms with van der Waals surface area (Å²) in [6.07, 6.45) is -0.188. The number of carbonyl (C=O) groups is 5. The zero-order valence-corrected chi connectivity index (χ0v) is 22.7. The summed E-state index contributed by atoms with van der Waals surface area (Å²) < 4.78 is 16.4. The van der Waals surface area contributed by atoms with Crippen LogP contribution in [0.3, 0.4) is 0 Å². The van der Waals surface area contributed by atoms with Gasteiger partial charge in [0.2, 0.25) is 11.8 Å². The van der Waals surface area contributed by atoms with Crippen LogP contribution in [-0.4, -0.2) is 90.4 Å². The van der Waals surface area contributed by atoms with Crippen LogP contribution in [0.4, 0.5) is 0 Å². The van der Waals surface area contributed by atoms with Crippen LogP contribution in [0.1, 0.15) is 63.2 Å². The smallest absolute Gasteiger partial charge is 0.308 e. The molecule has 0 radical (unpaired) electrons. The first-order chi connectivity index (χ1) is 18.8. The zero-order chi connectivity index (χ0) is 28.4. The van der Waals surface area contributed by atoms with Crippen molar-refractivity contribution in [1.29, 1.82) is 0 Å². The number of hydrogen-bond donors (Lipinski definition) is 2. The largest absolute Gasteiger partial charge is 0.466 e. The number of fused-ring (bicyclic) bond motifs is 1. The molecule has 2 fully saturated rings. The van der Waals surface area contributed by atoms with Gasteiger partial charge in [0.25, 0.3) is 11.8 Å². The molecule has 0 unspecified atom stereocenters. The van der Waals surface area contributed by atoms with Gasteiger partial charge in [0.1, 0.15) is 12.1 Å². The van der Waals surface area contributed by atoms with Crippen molar-refractivity contribution >= 4 is 29.6 Å². The van der Waals surface area contributed by atoms with E-state index in [2.05, 4.69) is 10.6 Å². The average Bonchev–Trinajstić information content (AvgIpc) is 3.05. The average molecular weight is 547 g/mol. The van der Waals surface area contributed by atoms with Crippen LogP contribution < -0.4 is 10.6 Å². The van der Waals surface area contributed by atoms with E-state index < -0.39 is 48.1 Å². The van der Waals surface area contributed by atoms with Crippen molar-refractivity contribution in [3.8, 4) is 0 Å². The normalized spacial score (nSPS) is 20.2. The summed E-state index contributed by atoms with van der Waals surface area (Å²) >= 11 is 0. The van der Waals surface area contributed by atoms with Crippen LogP contribution in [0.2, 0.25) is 0 Å². The second-order valence-corrected chi connectivity index (χ2v) is 9.19. The fourth-order valence-corrected chi connectivity index (χ4v) is 4.74. The Bertz CT molecular complexity index is 1010. The zero-order valence-electron chi connectivity index (χ0n) is 22.7. The van der Waals surface area contributed by atoms with Crippen LogP contribution in [0.15, 0.2) is 30.3 Å². The van der Waals surface area contributed by atoms with Crippen LogP contribution in [0.5, 0.6) is 0 Å². The molecule has 1 aromatic rings. The van der Waals surface area contributed by atoms with Crippen LogP contribution >= 0.6 is 0 Å². The Morgan fingerprint density at radius 3 is 2.33 bits per heavy atom. The lowest BCUT2D eigenvalue weighted by Gasteiger charge is -2.43. The first-order valence-electron chi connectivity index (χ1n) is 13.5. The fourth-order valence-electron chi connectivity index (χ4n) is 4.74. The number of esters is 1.